The maximum absolute atomic E-state index is 13.1. The molecule has 4 aromatic rings. The maximum Gasteiger partial charge on any atom is 0.201 e. The monoisotopic (exact) mass is 397 g/mol. The number of benzene rings is 2. The minimum Gasteiger partial charge on any atom is -0.507 e. The quantitative estimate of drug-likeness (QED) is 0.145. The van der Waals surface area contributed by atoms with Crippen LogP contribution in [0.2, 0.25) is 0 Å². The van der Waals surface area contributed by atoms with Gasteiger partial charge in [-0.3, -0.25) is 4.79 Å². The van der Waals surface area contributed by atoms with Gasteiger partial charge in [-0.25, -0.2) is 4.52 Å². The van der Waals surface area contributed by atoms with Crippen molar-refractivity contribution in [3.63, 3.8) is 0 Å². The highest BCUT2D eigenvalue weighted by atomic mass is 16.3. The van der Waals surface area contributed by atoms with Gasteiger partial charge in [0.1, 0.15) is 17.0 Å². The topological polar surface area (TPSA) is 145 Å². The number of nitrogens with two attached hydrogens (primary N) is 1. The second-order valence-electron chi connectivity index (χ2n) is 6.87. The minimum absolute atomic E-state index is 0.0124. The number of nitrogens with one attached hydrogen (secondary N) is 2. The van der Waals surface area contributed by atoms with Gasteiger partial charge < -0.3 is 31.7 Å². The van der Waals surface area contributed by atoms with Crippen LogP contribution in [0.5, 0.6) is 11.5 Å². The lowest BCUT2D eigenvalue weighted by Crippen LogP contribution is -2.18. The van der Waals surface area contributed by atoms with E-state index in [1.807, 2.05) is 6.07 Å². The molecular weight excluding hydrogens is 374 g/mol. The zero-order valence-corrected chi connectivity index (χ0v) is 15.8. The fraction of sp³-hybridized carbons (Fsp3) is 0.300. The summed E-state index contributed by atoms with van der Waals surface area (Å²) in [5.41, 5.74) is 7.43. The zero-order chi connectivity index (χ0) is 20.5. The lowest BCUT2D eigenvalue weighted by atomic mass is 10.0. The van der Waals surface area contributed by atoms with Crippen molar-refractivity contribution in [2.75, 3.05) is 31.6 Å². The molecule has 9 heteroatoms. The smallest absolute Gasteiger partial charge is 0.201 e. The molecule has 0 saturated heterocycles. The number of aliphatic hydroxyl groups is 1. The molecule has 0 saturated carbocycles. The molecule has 29 heavy (non-hydrogen) atoms. The van der Waals surface area contributed by atoms with Crippen molar-refractivity contribution in [3.05, 3.63) is 40.2 Å². The summed E-state index contributed by atoms with van der Waals surface area (Å²) in [6.45, 7) is 1.96. The first-order chi connectivity index (χ1) is 14.1. The molecule has 0 fully saturated rings. The summed E-state index contributed by atoms with van der Waals surface area (Å²) in [7, 11) is 0. The molecule has 0 aliphatic heterocycles. The Kier molecular flexibility index (Phi) is 5.10. The largest absolute Gasteiger partial charge is 0.507 e. The average molecular weight is 397 g/mol. The van der Waals surface area contributed by atoms with Gasteiger partial charge in [-0.15, -0.1) is 0 Å². The predicted octanol–water partition coefficient (Wildman–Crippen LogP) is 0.692. The van der Waals surface area contributed by atoms with Crippen molar-refractivity contribution < 1.29 is 15.3 Å². The number of aromatic hydroxyl groups is 2. The lowest BCUT2D eigenvalue weighted by molar-refractivity contribution is 0.291. The first-order valence-electron chi connectivity index (χ1n) is 9.48. The Balaban J connectivity index is 2.06. The maximum atomic E-state index is 13.1. The average Bonchev–Trinajstić information content (AvgIpc) is 3.09. The van der Waals surface area contributed by atoms with E-state index in [1.54, 1.807) is 6.07 Å². The fourth-order valence-corrected chi connectivity index (χ4v) is 3.69. The number of aliphatic hydroxyl groups excluding tert-OH is 1. The summed E-state index contributed by atoms with van der Waals surface area (Å²) in [6, 6.07) is 6.15. The second kappa shape index (κ2) is 7.70. The summed E-state index contributed by atoms with van der Waals surface area (Å²) in [5.74, 6) is -0.347. The Hall–Kier alpha value is -3.14. The number of hydrogen-bond acceptors (Lipinski definition) is 8. The van der Waals surface area contributed by atoms with Gasteiger partial charge in [0.25, 0.3) is 0 Å². The van der Waals surface area contributed by atoms with Gasteiger partial charge in [-0.1, -0.05) is 0 Å². The molecule has 0 radical (unpaired) electrons. The van der Waals surface area contributed by atoms with Gasteiger partial charge in [-0.2, -0.15) is 5.10 Å². The number of rotatable bonds is 8. The van der Waals surface area contributed by atoms with Crippen LogP contribution in [-0.2, 0) is 6.54 Å². The highest BCUT2D eigenvalue weighted by Gasteiger charge is 2.22. The Morgan fingerprint density at radius 3 is 2.59 bits per heavy atom. The summed E-state index contributed by atoms with van der Waals surface area (Å²) < 4.78 is 1.51. The molecule has 152 valence electrons. The number of hydrogen-bond donors (Lipinski definition) is 6. The van der Waals surface area contributed by atoms with Crippen LogP contribution >= 0.6 is 0 Å². The number of aromatic nitrogens is 2. The van der Waals surface area contributed by atoms with E-state index in [1.165, 1.54) is 16.6 Å². The van der Waals surface area contributed by atoms with Gasteiger partial charge in [0.05, 0.1) is 23.2 Å². The van der Waals surface area contributed by atoms with Crippen molar-refractivity contribution >= 4 is 32.9 Å². The van der Waals surface area contributed by atoms with E-state index < -0.39 is 0 Å². The lowest BCUT2D eigenvalue weighted by Gasteiger charge is -2.11. The van der Waals surface area contributed by atoms with Gasteiger partial charge in [0, 0.05) is 36.1 Å². The van der Waals surface area contributed by atoms with Crippen LogP contribution in [0.1, 0.15) is 12.1 Å². The Labute approximate surface area is 165 Å². The van der Waals surface area contributed by atoms with Crippen molar-refractivity contribution in [2.45, 2.75) is 13.0 Å². The van der Waals surface area contributed by atoms with E-state index in [4.69, 9.17) is 10.8 Å². The first-order valence-corrected chi connectivity index (χ1v) is 9.48. The summed E-state index contributed by atoms with van der Waals surface area (Å²) in [4.78, 5) is 13.1. The first kappa shape index (κ1) is 19.2. The Bertz CT molecular complexity index is 1240. The fourth-order valence-electron chi connectivity index (χ4n) is 3.69. The van der Waals surface area contributed by atoms with E-state index in [-0.39, 0.29) is 34.4 Å². The number of anilines is 1. The third-order valence-corrected chi connectivity index (χ3v) is 4.99. The molecule has 7 N–H and O–H groups in total. The van der Waals surface area contributed by atoms with Gasteiger partial charge >= 0.3 is 0 Å². The third kappa shape index (κ3) is 3.09. The molecule has 0 amide bonds. The van der Waals surface area contributed by atoms with Crippen LogP contribution in [0, 0.1) is 0 Å². The van der Waals surface area contributed by atoms with Crippen LogP contribution in [0.15, 0.2) is 29.1 Å². The molecule has 0 spiro atoms. The molecule has 9 nitrogen and oxygen atoms in total. The van der Waals surface area contributed by atoms with Crippen molar-refractivity contribution in [1.29, 1.82) is 0 Å². The van der Waals surface area contributed by atoms with Crippen molar-refractivity contribution in [2.24, 2.45) is 5.73 Å². The van der Waals surface area contributed by atoms with Crippen LogP contribution in [-0.4, -0.2) is 51.2 Å². The van der Waals surface area contributed by atoms with E-state index in [0.717, 1.165) is 17.5 Å². The molecule has 2 aromatic carbocycles. The Morgan fingerprint density at radius 2 is 1.83 bits per heavy atom. The standard InChI is InChI=1S/C20H23N5O4/c21-6-1-7-23-12-3-2-11-18-16(12)13(10-22-8-9-26)24-25(18)19-15(28)5-4-14(27)17(19)20(11)29/h2-5,22-23,26-28H,1,6-10,21H2. The van der Waals surface area contributed by atoms with Gasteiger partial charge in [-0.05, 0) is 37.2 Å². The van der Waals surface area contributed by atoms with Crippen LogP contribution in [0.3, 0.4) is 0 Å². The second-order valence-corrected chi connectivity index (χ2v) is 6.87. The molecule has 2 heterocycles. The summed E-state index contributed by atoms with van der Waals surface area (Å²) in [6.07, 6.45) is 0.784. The van der Waals surface area contributed by atoms with Crippen LogP contribution in [0.4, 0.5) is 5.69 Å². The van der Waals surface area contributed by atoms with Crippen LogP contribution in [0.25, 0.3) is 27.2 Å². The molecule has 0 aliphatic rings. The number of fused-ring (bicyclic) bond motifs is 2. The molecule has 0 unspecified atom stereocenters. The molecule has 0 atom stereocenters. The molecule has 0 aliphatic carbocycles. The van der Waals surface area contributed by atoms with Crippen LogP contribution < -0.4 is 21.8 Å². The number of pyridine rings is 1. The van der Waals surface area contributed by atoms with E-state index in [9.17, 15) is 15.0 Å². The molecule has 4 rings (SSSR count). The highest BCUT2D eigenvalue weighted by Crippen LogP contribution is 2.36. The third-order valence-electron chi connectivity index (χ3n) is 4.99. The van der Waals surface area contributed by atoms with Crippen molar-refractivity contribution in [3.8, 4) is 11.5 Å². The SMILES string of the molecule is NCCCNc1ccc2c(=O)c3c(O)ccc(O)c3n3nc(CNCCO)c1c23. The minimum atomic E-state index is -0.367. The van der Waals surface area contributed by atoms with Gasteiger partial charge in [0.15, 0.2) is 0 Å². The van der Waals surface area contributed by atoms with Crippen molar-refractivity contribution in [1.82, 2.24) is 14.9 Å². The number of phenols is 2. The van der Waals surface area contributed by atoms with E-state index >= 15 is 0 Å². The molecule has 0 bridgehead atoms. The zero-order valence-electron chi connectivity index (χ0n) is 15.8. The number of phenolic OH excluding ortho intramolecular Hbond substituents is 2. The van der Waals surface area contributed by atoms with E-state index in [2.05, 4.69) is 15.7 Å². The Morgan fingerprint density at radius 1 is 1.03 bits per heavy atom. The molecular formula is C20H23N5O4. The van der Waals surface area contributed by atoms with E-state index in [0.29, 0.717) is 42.8 Å². The van der Waals surface area contributed by atoms with Gasteiger partial charge in [0.2, 0.25) is 5.43 Å². The molecule has 2 aromatic heterocycles. The highest BCUT2D eigenvalue weighted by molar-refractivity contribution is 6.10. The summed E-state index contributed by atoms with van der Waals surface area (Å²) in [5, 5.41) is 42.1. The summed E-state index contributed by atoms with van der Waals surface area (Å²) >= 11 is 0. The normalized spacial score (nSPS) is 11.8. The number of nitrogens with zero attached hydrogens (tertiary/aromatic N) is 2. The predicted molar refractivity (Wildman–Crippen MR) is 112 cm³/mol.